The number of aryl methyl sites for hydroxylation is 1. The Kier molecular flexibility index (Phi) is 1.45. The van der Waals surface area contributed by atoms with Crippen LogP contribution in [0.2, 0.25) is 0 Å². The van der Waals surface area contributed by atoms with Gasteiger partial charge in [0.25, 0.3) is 5.56 Å². The standard InChI is InChI=1S/C6H7FN2O/c1-9-3-4(7)2-5(8)6(9)10/h2-3H,8H2,1H3. The molecule has 0 unspecified atom stereocenters. The summed E-state index contributed by atoms with van der Waals surface area (Å²) in [6.45, 7) is 0. The number of anilines is 1. The van der Waals surface area contributed by atoms with Crippen LogP contribution in [0.4, 0.5) is 10.1 Å². The highest BCUT2D eigenvalue weighted by Gasteiger charge is 1.98. The molecule has 0 spiro atoms. The van der Waals surface area contributed by atoms with Crippen LogP contribution in [0.25, 0.3) is 0 Å². The van der Waals surface area contributed by atoms with Crippen LogP contribution >= 0.6 is 0 Å². The highest BCUT2D eigenvalue weighted by molar-refractivity contribution is 5.34. The van der Waals surface area contributed by atoms with Crippen molar-refractivity contribution in [2.75, 3.05) is 5.73 Å². The Balaban J connectivity index is 3.46. The summed E-state index contributed by atoms with van der Waals surface area (Å²) in [4.78, 5) is 10.8. The van der Waals surface area contributed by atoms with E-state index >= 15 is 0 Å². The predicted octanol–water partition coefficient (Wildman–Crippen LogP) is 0.107. The minimum Gasteiger partial charge on any atom is -0.394 e. The molecular formula is C6H7FN2O. The Bertz CT molecular complexity index is 279. The molecule has 1 aromatic heterocycles. The normalized spacial score (nSPS) is 9.80. The Labute approximate surface area is 56.9 Å². The molecule has 0 aliphatic carbocycles. The smallest absolute Gasteiger partial charge is 0.273 e. The van der Waals surface area contributed by atoms with E-state index in [-0.39, 0.29) is 11.2 Å². The topological polar surface area (TPSA) is 48.0 Å². The number of halogens is 1. The fourth-order valence-corrected chi connectivity index (χ4v) is 0.695. The summed E-state index contributed by atoms with van der Waals surface area (Å²) in [6, 6.07) is 1.00. The summed E-state index contributed by atoms with van der Waals surface area (Å²) in [5, 5.41) is 0. The first-order valence-electron chi connectivity index (χ1n) is 2.73. The maximum Gasteiger partial charge on any atom is 0.273 e. The van der Waals surface area contributed by atoms with Gasteiger partial charge in [0.2, 0.25) is 0 Å². The number of hydrogen-bond acceptors (Lipinski definition) is 2. The fraction of sp³-hybridized carbons (Fsp3) is 0.167. The maximum absolute atomic E-state index is 12.4. The van der Waals surface area contributed by atoms with Crippen LogP contribution in [0.3, 0.4) is 0 Å². The molecule has 54 valence electrons. The Morgan fingerprint density at radius 1 is 1.70 bits per heavy atom. The van der Waals surface area contributed by atoms with Gasteiger partial charge >= 0.3 is 0 Å². The third-order valence-corrected chi connectivity index (χ3v) is 1.18. The van der Waals surface area contributed by atoms with Crippen molar-refractivity contribution >= 4 is 5.69 Å². The Morgan fingerprint density at radius 2 is 2.30 bits per heavy atom. The van der Waals surface area contributed by atoms with Gasteiger partial charge in [0.15, 0.2) is 0 Å². The zero-order valence-electron chi connectivity index (χ0n) is 5.47. The number of pyridine rings is 1. The van der Waals surface area contributed by atoms with Crippen molar-refractivity contribution in [1.29, 1.82) is 0 Å². The van der Waals surface area contributed by atoms with Gasteiger partial charge in [-0.25, -0.2) is 4.39 Å². The minimum absolute atomic E-state index is 0.0671. The molecule has 0 aliphatic heterocycles. The summed E-state index contributed by atoms with van der Waals surface area (Å²) in [7, 11) is 1.45. The lowest BCUT2D eigenvalue weighted by Crippen LogP contribution is -2.19. The molecule has 0 aliphatic rings. The van der Waals surface area contributed by atoms with E-state index in [4.69, 9.17) is 5.73 Å². The SMILES string of the molecule is Cn1cc(F)cc(N)c1=O. The van der Waals surface area contributed by atoms with E-state index in [1.807, 2.05) is 0 Å². The van der Waals surface area contributed by atoms with Gasteiger partial charge in [0.05, 0.1) is 0 Å². The lowest BCUT2D eigenvalue weighted by molar-refractivity contribution is 0.606. The number of rotatable bonds is 0. The van der Waals surface area contributed by atoms with Gasteiger partial charge in [-0.05, 0) is 0 Å². The Morgan fingerprint density at radius 3 is 2.80 bits per heavy atom. The number of nitrogens with two attached hydrogens (primary N) is 1. The average molecular weight is 142 g/mol. The van der Waals surface area contributed by atoms with Crippen molar-refractivity contribution in [2.24, 2.45) is 7.05 Å². The van der Waals surface area contributed by atoms with Crippen LogP contribution in [0.5, 0.6) is 0 Å². The molecule has 0 atom stereocenters. The van der Waals surface area contributed by atoms with Crippen molar-refractivity contribution in [3.8, 4) is 0 Å². The summed E-state index contributed by atoms with van der Waals surface area (Å²) in [5.41, 5.74) is 4.71. The van der Waals surface area contributed by atoms with Crippen molar-refractivity contribution in [1.82, 2.24) is 4.57 Å². The van der Waals surface area contributed by atoms with Gasteiger partial charge in [0, 0.05) is 19.3 Å². The van der Waals surface area contributed by atoms with Crippen LogP contribution in [-0.4, -0.2) is 4.57 Å². The highest BCUT2D eigenvalue weighted by Crippen LogP contribution is 1.96. The second-order valence-electron chi connectivity index (χ2n) is 2.03. The molecule has 3 nitrogen and oxygen atoms in total. The van der Waals surface area contributed by atoms with E-state index in [2.05, 4.69) is 0 Å². The number of hydrogen-bond donors (Lipinski definition) is 1. The van der Waals surface area contributed by atoms with Gasteiger partial charge in [-0.1, -0.05) is 0 Å². The first-order valence-corrected chi connectivity index (χ1v) is 2.73. The highest BCUT2D eigenvalue weighted by atomic mass is 19.1. The first-order chi connectivity index (χ1) is 4.61. The quantitative estimate of drug-likeness (QED) is 0.558. The van der Waals surface area contributed by atoms with Crippen molar-refractivity contribution in [3.63, 3.8) is 0 Å². The predicted molar refractivity (Wildman–Crippen MR) is 36.1 cm³/mol. The summed E-state index contributed by atoms with van der Waals surface area (Å²) < 4.78 is 13.5. The van der Waals surface area contributed by atoms with Crippen LogP contribution < -0.4 is 11.3 Å². The first kappa shape index (κ1) is 6.80. The van der Waals surface area contributed by atoms with E-state index in [0.29, 0.717) is 0 Å². The number of nitrogens with zero attached hydrogens (tertiary/aromatic N) is 1. The fourth-order valence-electron chi connectivity index (χ4n) is 0.695. The number of nitrogen functional groups attached to an aromatic ring is 1. The molecule has 1 rings (SSSR count). The molecule has 0 bridgehead atoms. The molecular weight excluding hydrogens is 135 g/mol. The second-order valence-corrected chi connectivity index (χ2v) is 2.03. The van der Waals surface area contributed by atoms with Crippen molar-refractivity contribution in [2.45, 2.75) is 0 Å². The van der Waals surface area contributed by atoms with Crippen molar-refractivity contribution < 1.29 is 4.39 Å². The van der Waals surface area contributed by atoms with Crippen LogP contribution in [-0.2, 0) is 7.05 Å². The van der Waals surface area contributed by atoms with Gasteiger partial charge in [-0.3, -0.25) is 4.79 Å². The van der Waals surface area contributed by atoms with Crippen LogP contribution in [0, 0.1) is 5.82 Å². The lowest BCUT2D eigenvalue weighted by Gasteiger charge is -1.97. The zero-order chi connectivity index (χ0) is 7.72. The molecule has 0 radical (unpaired) electrons. The summed E-state index contributed by atoms with van der Waals surface area (Å²) >= 11 is 0. The molecule has 0 amide bonds. The van der Waals surface area contributed by atoms with E-state index in [9.17, 15) is 9.18 Å². The van der Waals surface area contributed by atoms with Crippen LogP contribution in [0.15, 0.2) is 17.1 Å². The molecule has 0 saturated heterocycles. The Hall–Kier alpha value is -1.32. The third kappa shape index (κ3) is 1.00. The largest absolute Gasteiger partial charge is 0.394 e. The van der Waals surface area contributed by atoms with Gasteiger partial charge < -0.3 is 10.3 Å². The van der Waals surface area contributed by atoms with E-state index in [1.54, 1.807) is 0 Å². The second kappa shape index (κ2) is 2.13. The molecule has 10 heavy (non-hydrogen) atoms. The van der Waals surface area contributed by atoms with E-state index < -0.39 is 5.82 Å². The molecule has 0 fully saturated rings. The van der Waals surface area contributed by atoms with Gasteiger partial charge in [-0.2, -0.15) is 0 Å². The summed E-state index contributed by atoms with van der Waals surface area (Å²) in [5.74, 6) is -0.500. The molecule has 4 heteroatoms. The summed E-state index contributed by atoms with van der Waals surface area (Å²) in [6.07, 6.45) is 1.08. The monoisotopic (exact) mass is 142 g/mol. The molecule has 0 aromatic carbocycles. The number of aromatic nitrogens is 1. The molecule has 1 aromatic rings. The zero-order valence-corrected chi connectivity index (χ0v) is 5.47. The lowest BCUT2D eigenvalue weighted by atomic mass is 10.4. The van der Waals surface area contributed by atoms with Crippen LogP contribution in [0.1, 0.15) is 0 Å². The van der Waals surface area contributed by atoms with Gasteiger partial charge in [0.1, 0.15) is 11.5 Å². The molecule has 1 heterocycles. The average Bonchev–Trinajstić information content (AvgIpc) is 1.82. The van der Waals surface area contributed by atoms with E-state index in [1.165, 1.54) is 7.05 Å². The van der Waals surface area contributed by atoms with Gasteiger partial charge in [-0.15, -0.1) is 0 Å². The minimum atomic E-state index is -0.500. The molecule has 2 N–H and O–H groups in total. The van der Waals surface area contributed by atoms with E-state index in [0.717, 1.165) is 16.8 Å². The molecule has 0 saturated carbocycles. The third-order valence-electron chi connectivity index (χ3n) is 1.18. The maximum atomic E-state index is 12.4. The van der Waals surface area contributed by atoms with Crippen molar-refractivity contribution in [3.05, 3.63) is 28.4 Å².